The monoisotopic (exact) mass is 205 g/mol. The van der Waals surface area contributed by atoms with Crippen LogP contribution in [-0.4, -0.2) is 8.42 Å². The van der Waals surface area contributed by atoms with Crippen LogP contribution < -0.4 is 0 Å². The smallest absolute Gasteiger partial charge is 0.169 e. The van der Waals surface area contributed by atoms with Gasteiger partial charge in [-0.05, 0) is 17.7 Å². The highest BCUT2D eigenvalue weighted by atomic mass is 35.5. The molecule has 1 radical (unpaired) electrons. The summed E-state index contributed by atoms with van der Waals surface area (Å²) in [6, 6.07) is 4.16. The van der Waals surface area contributed by atoms with Crippen LogP contribution in [0.5, 0.6) is 0 Å². The molecule has 0 aliphatic rings. The highest BCUT2D eigenvalue weighted by Crippen LogP contribution is 2.18. The van der Waals surface area contributed by atoms with Crippen molar-refractivity contribution in [2.75, 3.05) is 0 Å². The zero-order valence-corrected chi connectivity index (χ0v) is 7.64. The van der Waals surface area contributed by atoms with Crippen molar-refractivity contribution in [3.63, 3.8) is 0 Å². The predicted octanol–water partition coefficient (Wildman–Crippen LogP) is 1.24. The van der Waals surface area contributed by atoms with Crippen LogP contribution in [0.15, 0.2) is 23.1 Å². The van der Waals surface area contributed by atoms with Gasteiger partial charge >= 0.3 is 0 Å². The van der Waals surface area contributed by atoms with Gasteiger partial charge in [0.05, 0.1) is 9.92 Å². The minimum absolute atomic E-state index is 0.0591. The molecule has 1 rings (SSSR count). The van der Waals surface area contributed by atoms with E-state index in [0.29, 0.717) is 5.56 Å². The first-order valence-electron chi connectivity index (χ1n) is 3.16. The molecule has 12 heavy (non-hydrogen) atoms. The van der Waals surface area contributed by atoms with Gasteiger partial charge in [-0.2, -0.15) is 0 Å². The highest BCUT2D eigenvalue weighted by molar-refractivity contribution is 7.72. The van der Waals surface area contributed by atoms with Gasteiger partial charge in [-0.15, -0.1) is 0 Å². The summed E-state index contributed by atoms with van der Waals surface area (Å²) in [7, 11) is -2.67. The molecule has 0 aromatic heterocycles. The minimum Gasteiger partial charge on any atom is -0.232 e. The van der Waals surface area contributed by atoms with Gasteiger partial charge in [-0.1, -0.05) is 17.7 Å². The molecule has 0 bridgehead atoms. The number of rotatable bonds is 2. The van der Waals surface area contributed by atoms with E-state index in [1.165, 1.54) is 18.2 Å². The van der Waals surface area contributed by atoms with Gasteiger partial charge in [-0.25, -0.2) is 13.5 Å². The van der Waals surface area contributed by atoms with Crippen molar-refractivity contribution in [2.24, 2.45) is 0 Å². The first-order chi connectivity index (χ1) is 5.65. The number of thiol groups is 1. The standard InChI is InChI=1S/C7H6ClO3S/c8-6-3-5(4-9)1-2-7(6)12(10)11/h1-3,12H,4H2. The maximum Gasteiger partial charge on any atom is 0.169 e. The van der Waals surface area contributed by atoms with Gasteiger partial charge in [0.1, 0.15) is 6.61 Å². The molecule has 0 aliphatic carbocycles. The Balaban J connectivity index is 3.20. The van der Waals surface area contributed by atoms with E-state index >= 15 is 0 Å². The van der Waals surface area contributed by atoms with Gasteiger partial charge in [-0.3, -0.25) is 0 Å². The van der Waals surface area contributed by atoms with E-state index in [1.54, 1.807) is 0 Å². The highest BCUT2D eigenvalue weighted by Gasteiger charge is 2.02. The molecule has 0 saturated heterocycles. The van der Waals surface area contributed by atoms with Crippen molar-refractivity contribution in [1.82, 2.24) is 0 Å². The zero-order valence-electron chi connectivity index (χ0n) is 5.99. The lowest BCUT2D eigenvalue weighted by molar-refractivity contribution is 0.177. The molecule has 0 saturated carbocycles. The largest absolute Gasteiger partial charge is 0.232 e. The molecule has 0 atom stereocenters. The predicted molar refractivity (Wildman–Crippen MR) is 44.4 cm³/mol. The molecule has 0 heterocycles. The third-order valence-corrected chi connectivity index (χ3v) is 2.60. The first kappa shape index (κ1) is 9.51. The second kappa shape index (κ2) is 3.89. The lowest BCUT2D eigenvalue weighted by atomic mass is 10.2. The number of hydrogen-bond acceptors (Lipinski definition) is 2. The van der Waals surface area contributed by atoms with Crippen LogP contribution in [0, 0.1) is 0 Å². The average Bonchev–Trinajstić information content (AvgIpc) is 2.03. The second-order valence-electron chi connectivity index (χ2n) is 2.19. The molecule has 1 aromatic carbocycles. The summed E-state index contributed by atoms with van der Waals surface area (Å²) in [6.45, 7) is -0.393. The van der Waals surface area contributed by atoms with Crippen molar-refractivity contribution in [2.45, 2.75) is 11.5 Å². The van der Waals surface area contributed by atoms with E-state index in [0.717, 1.165) is 0 Å². The lowest BCUT2D eigenvalue weighted by Crippen LogP contribution is -1.86. The molecular weight excluding hydrogens is 200 g/mol. The average molecular weight is 206 g/mol. The van der Waals surface area contributed by atoms with Gasteiger partial charge in [0, 0.05) is 0 Å². The van der Waals surface area contributed by atoms with Gasteiger partial charge in [0.2, 0.25) is 0 Å². The Morgan fingerprint density at radius 1 is 1.33 bits per heavy atom. The SMILES string of the molecule is [O]Cc1ccc([SH](=O)=O)c(Cl)c1. The third kappa shape index (κ3) is 1.97. The summed E-state index contributed by atoms with van der Waals surface area (Å²) in [4.78, 5) is 0.0591. The molecule has 5 heteroatoms. The Morgan fingerprint density at radius 3 is 2.42 bits per heavy atom. The van der Waals surface area contributed by atoms with E-state index in [1.807, 2.05) is 0 Å². The van der Waals surface area contributed by atoms with Crippen LogP contribution in [0.4, 0.5) is 0 Å². The third-order valence-electron chi connectivity index (χ3n) is 1.38. The topological polar surface area (TPSA) is 54.0 Å². The van der Waals surface area contributed by atoms with E-state index in [9.17, 15) is 13.5 Å². The van der Waals surface area contributed by atoms with E-state index in [-0.39, 0.29) is 9.92 Å². The normalized spacial score (nSPS) is 10.6. The summed E-state index contributed by atoms with van der Waals surface area (Å²) < 4.78 is 21.0. The van der Waals surface area contributed by atoms with Crippen molar-refractivity contribution < 1.29 is 13.5 Å². The quantitative estimate of drug-likeness (QED) is 0.739. The molecule has 0 aliphatic heterocycles. The molecular formula is C7H6ClO3S. The summed E-state index contributed by atoms with van der Waals surface area (Å²) in [5.41, 5.74) is 0.487. The summed E-state index contributed by atoms with van der Waals surface area (Å²) in [6.07, 6.45) is 0. The van der Waals surface area contributed by atoms with Crippen LogP contribution in [0.3, 0.4) is 0 Å². The Labute approximate surface area is 76.6 Å². The van der Waals surface area contributed by atoms with E-state index in [2.05, 4.69) is 0 Å². The lowest BCUT2D eigenvalue weighted by Gasteiger charge is -1.97. The van der Waals surface area contributed by atoms with Crippen molar-refractivity contribution in [3.05, 3.63) is 28.8 Å². The Bertz CT molecular complexity index is 352. The molecule has 0 fully saturated rings. The first-order valence-corrected chi connectivity index (χ1v) is 4.71. The molecule has 65 valence electrons. The summed E-state index contributed by atoms with van der Waals surface area (Å²) in [5.74, 6) is 0. The minimum atomic E-state index is -2.67. The maximum atomic E-state index is 10.5. The van der Waals surface area contributed by atoms with Gasteiger partial charge in [0.25, 0.3) is 0 Å². The van der Waals surface area contributed by atoms with E-state index < -0.39 is 17.3 Å². The fraction of sp³-hybridized carbons (Fsp3) is 0.143. The Morgan fingerprint density at radius 2 is 2.00 bits per heavy atom. The molecule has 0 unspecified atom stereocenters. The number of benzene rings is 1. The van der Waals surface area contributed by atoms with Crippen molar-refractivity contribution in [1.29, 1.82) is 0 Å². The Hall–Kier alpha value is -0.580. The van der Waals surface area contributed by atoms with Crippen LogP contribution in [0.2, 0.25) is 5.02 Å². The van der Waals surface area contributed by atoms with Gasteiger partial charge in [0.15, 0.2) is 10.7 Å². The van der Waals surface area contributed by atoms with Gasteiger partial charge < -0.3 is 0 Å². The number of hydrogen-bond donors (Lipinski definition) is 1. The summed E-state index contributed by atoms with van der Waals surface area (Å²) in [5, 5.41) is 10.5. The molecule has 3 nitrogen and oxygen atoms in total. The number of halogens is 1. The fourth-order valence-corrected chi connectivity index (χ4v) is 1.63. The van der Waals surface area contributed by atoms with Crippen molar-refractivity contribution in [3.8, 4) is 0 Å². The fourth-order valence-electron chi connectivity index (χ4n) is 0.788. The Kier molecular flexibility index (Phi) is 3.08. The molecule has 0 amide bonds. The zero-order chi connectivity index (χ0) is 9.14. The second-order valence-corrected chi connectivity index (χ2v) is 3.59. The van der Waals surface area contributed by atoms with Crippen molar-refractivity contribution >= 4 is 22.3 Å². The maximum absolute atomic E-state index is 10.5. The molecule has 0 spiro atoms. The molecule has 1 aromatic rings. The van der Waals surface area contributed by atoms with Crippen LogP contribution >= 0.6 is 11.6 Å². The van der Waals surface area contributed by atoms with Crippen LogP contribution in [-0.2, 0) is 22.4 Å². The van der Waals surface area contributed by atoms with E-state index in [4.69, 9.17) is 11.6 Å². The molecule has 0 N–H and O–H groups in total. The summed E-state index contributed by atoms with van der Waals surface area (Å²) >= 11 is 5.58. The van der Waals surface area contributed by atoms with Crippen LogP contribution in [0.25, 0.3) is 0 Å². The van der Waals surface area contributed by atoms with Crippen LogP contribution in [0.1, 0.15) is 5.56 Å².